The van der Waals surface area contributed by atoms with E-state index in [1.54, 1.807) is 0 Å². The number of halogens is 1. The monoisotopic (exact) mass is 277 g/mol. The van der Waals surface area contributed by atoms with E-state index in [1.807, 2.05) is 6.92 Å². The molecule has 1 aromatic rings. The van der Waals surface area contributed by atoms with Crippen LogP contribution in [-0.4, -0.2) is 23.0 Å². The third-order valence-corrected chi connectivity index (χ3v) is 3.36. The van der Waals surface area contributed by atoms with Gasteiger partial charge in [-0.3, -0.25) is 4.79 Å². The molecule has 1 amide bonds. The van der Waals surface area contributed by atoms with E-state index < -0.39 is 11.8 Å². The molecule has 0 radical (unpaired) electrons. The van der Waals surface area contributed by atoms with Crippen molar-refractivity contribution in [1.29, 1.82) is 0 Å². The molecule has 2 rings (SSSR count). The second kappa shape index (κ2) is 5.86. The highest BCUT2D eigenvalue weighted by molar-refractivity contribution is 5.94. The molecule has 2 N–H and O–H groups in total. The summed E-state index contributed by atoms with van der Waals surface area (Å²) in [5.41, 5.74) is 0.377. The van der Waals surface area contributed by atoms with E-state index in [0.29, 0.717) is 5.92 Å². The van der Waals surface area contributed by atoms with Crippen LogP contribution in [0.2, 0.25) is 0 Å². The van der Waals surface area contributed by atoms with E-state index in [1.165, 1.54) is 12.1 Å². The van der Waals surface area contributed by atoms with Crippen molar-refractivity contribution in [2.75, 3.05) is 0 Å². The zero-order valence-electron chi connectivity index (χ0n) is 11.1. The number of hydrogen-bond acceptors (Lipinski definition) is 2. The molecule has 1 unspecified atom stereocenters. The van der Waals surface area contributed by atoms with Gasteiger partial charge in [-0.2, -0.15) is 0 Å². The first-order valence-corrected chi connectivity index (χ1v) is 6.49. The predicted octanol–water partition coefficient (Wildman–Crippen LogP) is 2.45. The molecule has 5 heteroatoms. The normalized spacial score (nSPS) is 16.1. The molecule has 1 aromatic carbocycles. The zero-order valence-corrected chi connectivity index (χ0v) is 11.1. The first-order valence-electron chi connectivity index (χ1n) is 6.49. The van der Waals surface area contributed by atoms with E-state index in [4.69, 9.17) is 5.11 Å². The van der Waals surface area contributed by atoms with Gasteiger partial charge in [0.05, 0.1) is 0 Å². The Morgan fingerprint density at radius 3 is 2.70 bits per heavy atom. The first-order chi connectivity index (χ1) is 9.47. The average molecular weight is 277 g/mol. The van der Waals surface area contributed by atoms with Crippen LogP contribution < -0.4 is 5.32 Å². The standard InChI is InChI=1S/C15H16FNO3/c1-9(10-2-3-10)17-15(20)12-5-4-11(13(16)8-12)6-7-14(18)19/h4-10H,2-3H2,1H3,(H,17,20)(H,18,19). The summed E-state index contributed by atoms with van der Waals surface area (Å²) in [5.74, 6) is -1.54. The maximum Gasteiger partial charge on any atom is 0.328 e. The Morgan fingerprint density at radius 2 is 2.15 bits per heavy atom. The highest BCUT2D eigenvalue weighted by atomic mass is 19.1. The molecule has 0 aliphatic heterocycles. The van der Waals surface area contributed by atoms with Crippen LogP contribution >= 0.6 is 0 Å². The fourth-order valence-corrected chi connectivity index (χ4v) is 1.97. The summed E-state index contributed by atoms with van der Waals surface area (Å²) >= 11 is 0. The van der Waals surface area contributed by atoms with Gasteiger partial charge in [-0.25, -0.2) is 9.18 Å². The first kappa shape index (κ1) is 14.2. The van der Waals surface area contributed by atoms with Crippen molar-refractivity contribution in [3.8, 4) is 0 Å². The molecule has 20 heavy (non-hydrogen) atoms. The second-order valence-corrected chi connectivity index (χ2v) is 5.01. The second-order valence-electron chi connectivity index (χ2n) is 5.01. The number of amides is 1. The zero-order chi connectivity index (χ0) is 14.7. The maximum atomic E-state index is 13.7. The largest absolute Gasteiger partial charge is 0.478 e. The van der Waals surface area contributed by atoms with Gasteiger partial charge in [-0.05, 0) is 43.9 Å². The minimum Gasteiger partial charge on any atom is -0.478 e. The van der Waals surface area contributed by atoms with Gasteiger partial charge in [0.2, 0.25) is 0 Å². The fraction of sp³-hybridized carbons (Fsp3) is 0.333. The number of rotatable bonds is 5. The Morgan fingerprint density at radius 1 is 1.45 bits per heavy atom. The molecule has 106 valence electrons. The Balaban J connectivity index is 2.07. The van der Waals surface area contributed by atoms with Gasteiger partial charge in [-0.1, -0.05) is 6.07 Å². The summed E-state index contributed by atoms with van der Waals surface area (Å²) < 4.78 is 13.7. The predicted molar refractivity (Wildman–Crippen MR) is 72.7 cm³/mol. The summed E-state index contributed by atoms with van der Waals surface area (Å²) in [6, 6.07) is 4.10. The summed E-state index contributed by atoms with van der Waals surface area (Å²) in [7, 11) is 0. The Bertz CT molecular complexity index is 564. The molecule has 1 saturated carbocycles. The van der Waals surface area contributed by atoms with Crippen LogP contribution in [0.3, 0.4) is 0 Å². The molecule has 0 spiro atoms. The number of hydrogen-bond donors (Lipinski definition) is 2. The lowest BCUT2D eigenvalue weighted by atomic mass is 10.1. The van der Waals surface area contributed by atoms with E-state index in [0.717, 1.165) is 31.1 Å². The van der Waals surface area contributed by atoms with Crippen LogP contribution in [0.15, 0.2) is 24.3 Å². The fourth-order valence-electron chi connectivity index (χ4n) is 1.97. The summed E-state index contributed by atoms with van der Waals surface area (Å²) in [5, 5.41) is 11.3. The van der Waals surface area contributed by atoms with Crippen molar-refractivity contribution in [3.63, 3.8) is 0 Å². The van der Waals surface area contributed by atoms with Crippen molar-refractivity contribution < 1.29 is 19.1 Å². The summed E-state index contributed by atoms with van der Waals surface area (Å²) in [6.07, 6.45) is 4.25. The van der Waals surface area contributed by atoms with Crippen LogP contribution in [0.5, 0.6) is 0 Å². The lowest BCUT2D eigenvalue weighted by molar-refractivity contribution is -0.131. The van der Waals surface area contributed by atoms with Gasteiger partial charge in [0.25, 0.3) is 5.91 Å². The highest BCUT2D eigenvalue weighted by Crippen LogP contribution is 2.32. The molecular formula is C15H16FNO3. The van der Waals surface area contributed by atoms with E-state index in [2.05, 4.69) is 5.32 Å². The molecule has 1 aliphatic carbocycles. The Hall–Kier alpha value is -2.17. The minimum absolute atomic E-state index is 0.0946. The maximum absolute atomic E-state index is 13.7. The molecule has 0 saturated heterocycles. The quantitative estimate of drug-likeness (QED) is 0.812. The third kappa shape index (κ3) is 3.66. The van der Waals surface area contributed by atoms with E-state index in [-0.39, 0.29) is 23.1 Å². The minimum atomic E-state index is -1.15. The number of carbonyl (C=O) groups is 2. The number of carbonyl (C=O) groups excluding carboxylic acids is 1. The average Bonchev–Trinajstić information content (AvgIpc) is 3.21. The number of benzene rings is 1. The van der Waals surface area contributed by atoms with Gasteiger partial charge in [0.15, 0.2) is 0 Å². The molecule has 1 aliphatic rings. The number of carboxylic acid groups (broad SMARTS) is 1. The van der Waals surface area contributed by atoms with Gasteiger partial charge in [0, 0.05) is 23.2 Å². The number of aliphatic carboxylic acids is 1. The number of nitrogens with one attached hydrogen (secondary N) is 1. The lowest BCUT2D eigenvalue weighted by Gasteiger charge is -2.12. The molecule has 0 bridgehead atoms. The van der Waals surface area contributed by atoms with Gasteiger partial charge >= 0.3 is 5.97 Å². The molecule has 1 atom stereocenters. The van der Waals surface area contributed by atoms with Crippen LogP contribution in [0, 0.1) is 11.7 Å². The Labute approximate surface area is 116 Å². The highest BCUT2D eigenvalue weighted by Gasteiger charge is 2.29. The van der Waals surface area contributed by atoms with Crippen molar-refractivity contribution in [2.45, 2.75) is 25.8 Å². The lowest BCUT2D eigenvalue weighted by Crippen LogP contribution is -2.34. The summed E-state index contributed by atoms with van der Waals surface area (Å²) in [6.45, 7) is 1.94. The molecule has 4 nitrogen and oxygen atoms in total. The smallest absolute Gasteiger partial charge is 0.328 e. The van der Waals surface area contributed by atoms with Crippen LogP contribution in [0.1, 0.15) is 35.7 Å². The van der Waals surface area contributed by atoms with Crippen molar-refractivity contribution in [1.82, 2.24) is 5.32 Å². The molecule has 0 aromatic heterocycles. The van der Waals surface area contributed by atoms with Crippen LogP contribution in [-0.2, 0) is 4.79 Å². The van der Waals surface area contributed by atoms with Gasteiger partial charge in [0.1, 0.15) is 5.82 Å². The van der Waals surface area contributed by atoms with E-state index in [9.17, 15) is 14.0 Å². The topological polar surface area (TPSA) is 66.4 Å². The summed E-state index contributed by atoms with van der Waals surface area (Å²) in [4.78, 5) is 22.3. The molecule has 1 fully saturated rings. The van der Waals surface area contributed by atoms with Crippen LogP contribution in [0.25, 0.3) is 6.08 Å². The Kier molecular flexibility index (Phi) is 4.17. The van der Waals surface area contributed by atoms with Crippen molar-refractivity contribution >= 4 is 18.0 Å². The third-order valence-electron chi connectivity index (χ3n) is 3.36. The van der Waals surface area contributed by atoms with Gasteiger partial charge < -0.3 is 10.4 Å². The van der Waals surface area contributed by atoms with Gasteiger partial charge in [-0.15, -0.1) is 0 Å². The molecular weight excluding hydrogens is 261 g/mol. The van der Waals surface area contributed by atoms with E-state index >= 15 is 0 Å². The SMILES string of the molecule is CC(NC(=O)c1ccc(C=CC(=O)O)c(F)c1)C1CC1. The van der Waals surface area contributed by atoms with Crippen molar-refractivity contribution in [3.05, 3.63) is 41.2 Å². The van der Waals surface area contributed by atoms with Crippen LogP contribution in [0.4, 0.5) is 4.39 Å². The number of carboxylic acids is 1. The van der Waals surface area contributed by atoms with Crippen molar-refractivity contribution in [2.24, 2.45) is 5.92 Å². The molecule has 0 heterocycles.